The lowest BCUT2D eigenvalue weighted by Gasteiger charge is -2.16. The largest absolute Gasteiger partial charge is 0.494 e. The van der Waals surface area contributed by atoms with Gasteiger partial charge < -0.3 is 20.5 Å². The lowest BCUT2D eigenvalue weighted by Crippen LogP contribution is -2.13. The number of hydrogen-bond acceptors (Lipinski definition) is 7. The highest BCUT2D eigenvalue weighted by molar-refractivity contribution is 7.28. The van der Waals surface area contributed by atoms with E-state index < -0.39 is 0 Å². The van der Waals surface area contributed by atoms with E-state index in [9.17, 15) is 0 Å². The molecule has 3 rings (SSSR count). The van der Waals surface area contributed by atoms with Gasteiger partial charge in [-0.3, -0.25) is 10.3 Å². The summed E-state index contributed by atoms with van der Waals surface area (Å²) in [6, 6.07) is 5.54. The van der Waals surface area contributed by atoms with E-state index in [2.05, 4.69) is 24.8 Å². The van der Waals surface area contributed by atoms with Crippen LogP contribution in [-0.2, 0) is 0 Å². The highest BCUT2D eigenvalue weighted by Gasteiger charge is 2.22. The molecule has 3 aromatic rings. The third-order valence-corrected chi connectivity index (χ3v) is 4.56. The van der Waals surface area contributed by atoms with Crippen molar-refractivity contribution in [2.45, 2.75) is 6.92 Å². The van der Waals surface area contributed by atoms with Gasteiger partial charge in [-0.05, 0) is 19.1 Å². The normalized spacial score (nSPS) is 10.9. The summed E-state index contributed by atoms with van der Waals surface area (Å²) in [6.45, 7) is 2.00. The number of ether oxygens (including phenoxy) is 2. The van der Waals surface area contributed by atoms with Crippen molar-refractivity contribution in [1.82, 2.24) is 14.8 Å². The first-order chi connectivity index (χ1) is 12.0. The number of aromatic nitrogens is 3. The summed E-state index contributed by atoms with van der Waals surface area (Å²) < 4.78 is 12.9. The molecule has 25 heavy (non-hydrogen) atoms. The van der Waals surface area contributed by atoms with Crippen molar-refractivity contribution in [3.8, 4) is 17.2 Å². The molecule has 0 aliphatic heterocycles. The number of methoxy groups -OCH3 is 1. The molecule has 1 atom stereocenters. The van der Waals surface area contributed by atoms with Crippen molar-refractivity contribution in [1.29, 1.82) is 0 Å². The van der Waals surface area contributed by atoms with Crippen LogP contribution < -0.4 is 31.7 Å². The zero-order chi connectivity index (χ0) is 18.1. The first kappa shape index (κ1) is 17.3. The first-order valence-corrected chi connectivity index (χ1v) is 8.22. The molecule has 0 bridgehead atoms. The first-order valence-electron chi connectivity index (χ1n) is 7.65. The van der Waals surface area contributed by atoms with Crippen molar-refractivity contribution in [3.05, 3.63) is 23.9 Å². The smallest absolute Gasteiger partial charge is 0.157 e. The fourth-order valence-electron chi connectivity index (χ4n) is 2.95. The van der Waals surface area contributed by atoms with Gasteiger partial charge in [-0.25, -0.2) is 0 Å². The van der Waals surface area contributed by atoms with Crippen LogP contribution in [-0.4, -0.2) is 35.7 Å². The van der Waals surface area contributed by atoms with Gasteiger partial charge in [0.1, 0.15) is 24.0 Å². The standard InChI is InChI=1S/C16H21N6O2P/c1-8-12-13(14(18)21-20-8)15(19-2)22(16(12)25)10-5-4-9(24-7-17)6-11(10)23-3/h4-6,19H,7,17,25H2,1-3H3,(H2,18,21). The molecule has 0 fully saturated rings. The second kappa shape index (κ2) is 6.74. The molecule has 8 nitrogen and oxygen atoms in total. The Morgan fingerprint density at radius 1 is 1.28 bits per heavy atom. The predicted octanol–water partition coefficient (Wildman–Crippen LogP) is 1.16. The third kappa shape index (κ3) is 2.73. The van der Waals surface area contributed by atoms with Crippen molar-refractivity contribution in [3.63, 3.8) is 0 Å². The van der Waals surface area contributed by atoms with Gasteiger partial charge >= 0.3 is 0 Å². The minimum atomic E-state index is 0.0968. The maximum Gasteiger partial charge on any atom is 0.157 e. The molecule has 0 aliphatic rings. The second-order valence-corrected chi connectivity index (χ2v) is 5.93. The Hall–Kier alpha value is -2.57. The molecule has 132 valence electrons. The topological polar surface area (TPSA) is 113 Å². The number of fused-ring (bicyclic) bond motifs is 1. The van der Waals surface area contributed by atoms with Gasteiger partial charge in [-0.1, -0.05) is 9.24 Å². The average molecular weight is 360 g/mol. The van der Waals surface area contributed by atoms with Crippen LogP contribution in [0.25, 0.3) is 16.5 Å². The Bertz CT molecular complexity index is 940. The van der Waals surface area contributed by atoms with Gasteiger partial charge in [0.25, 0.3) is 0 Å². The number of anilines is 2. The number of aryl methyl sites for hydroxylation is 1. The number of benzene rings is 1. The zero-order valence-corrected chi connectivity index (χ0v) is 15.5. The Kier molecular flexibility index (Phi) is 4.65. The minimum absolute atomic E-state index is 0.0968. The lowest BCUT2D eigenvalue weighted by atomic mass is 10.2. The second-order valence-electron chi connectivity index (χ2n) is 5.38. The molecule has 0 saturated heterocycles. The molecule has 2 aromatic heterocycles. The fraction of sp³-hybridized carbons (Fsp3) is 0.250. The van der Waals surface area contributed by atoms with Crippen molar-refractivity contribution >= 4 is 37.1 Å². The summed E-state index contributed by atoms with van der Waals surface area (Å²) in [5.41, 5.74) is 14.1. The van der Waals surface area contributed by atoms with Crippen LogP contribution in [0.5, 0.6) is 11.5 Å². The van der Waals surface area contributed by atoms with E-state index in [0.29, 0.717) is 17.3 Å². The van der Waals surface area contributed by atoms with Crippen LogP contribution in [0.4, 0.5) is 11.6 Å². The fourth-order valence-corrected chi connectivity index (χ4v) is 3.57. The molecule has 5 N–H and O–H groups in total. The van der Waals surface area contributed by atoms with Crippen LogP contribution in [0.15, 0.2) is 18.2 Å². The zero-order valence-electron chi connectivity index (χ0n) is 14.3. The molecule has 0 spiro atoms. The van der Waals surface area contributed by atoms with Crippen LogP contribution >= 0.6 is 9.24 Å². The highest BCUT2D eigenvalue weighted by Crippen LogP contribution is 2.36. The summed E-state index contributed by atoms with van der Waals surface area (Å²) in [5.74, 6) is 2.45. The molecule has 9 heteroatoms. The Labute approximate surface area is 147 Å². The minimum Gasteiger partial charge on any atom is -0.494 e. The maximum absolute atomic E-state index is 6.09. The van der Waals surface area contributed by atoms with Crippen LogP contribution in [0.3, 0.4) is 0 Å². The number of nitrogen functional groups attached to an aromatic ring is 1. The van der Waals surface area contributed by atoms with Crippen molar-refractivity contribution in [2.24, 2.45) is 5.73 Å². The molecule has 1 aromatic carbocycles. The molecule has 0 saturated carbocycles. The third-order valence-electron chi connectivity index (χ3n) is 4.01. The predicted molar refractivity (Wildman–Crippen MR) is 103 cm³/mol. The van der Waals surface area contributed by atoms with Gasteiger partial charge in [-0.2, -0.15) is 5.10 Å². The van der Waals surface area contributed by atoms with E-state index in [4.69, 9.17) is 20.9 Å². The Morgan fingerprint density at radius 2 is 2.04 bits per heavy atom. The van der Waals surface area contributed by atoms with Gasteiger partial charge in [-0.15, -0.1) is 5.10 Å². The van der Waals surface area contributed by atoms with E-state index in [1.165, 1.54) is 0 Å². The number of nitrogens with zero attached hydrogens (tertiary/aromatic N) is 3. The summed E-state index contributed by atoms with van der Waals surface area (Å²) in [6.07, 6.45) is 0. The molecule has 0 aliphatic carbocycles. The van der Waals surface area contributed by atoms with Crippen LogP contribution in [0.1, 0.15) is 5.69 Å². The van der Waals surface area contributed by atoms with E-state index in [1.807, 2.05) is 30.7 Å². The Balaban J connectivity index is 2.35. The van der Waals surface area contributed by atoms with Gasteiger partial charge in [0, 0.05) is 18.5 Å². The van der Waals surface area contributed by atoms with Crippen LogP contribution in [0.2, 0.25) is 0 Å². The molecule has 2 heterocycles. The number of rotatable bonds is 5. The maximum atomic E-state index is 6.09. The van der Waals surface area contributed by atoms with E-state index in [0.717, 1.165) is 33.4 Å². The highest BCUT2D eigenvalue weighted by atomic mass is 31.0. The summed E-state index contributed by atoms with van der Waals surface area (Å²) in [4.78, 5) is 0. The van der Waals surface area contributed by atoms with E-state index in [1.54, 1.807) is 13.2 Å². The molecule has 0 radical (unpaired) electrons. The van der Waals surface area contributed by atoms with Gasteiger partial charge in [0.05, 0.1) is 29.3 Å². The monoisotopic (exact) mass is 360 g/mol. The van der Waals surface area contributed by atoms with E-state index in [-0.39, 0.29) is 6.73 Å². The average Bonchev–Trinajstić information content (AvgIpc) is 2.92. The molecular formula is C16H21N6O2P. The summed E-state index contributed by atoms with van der Waals surface area (Å²) in [7, 11) is 6.20. The molecule has 0 amide bonds. The number of hydrogen-bond donors (Lipinski definition) is 3. The SMILES string of the molecule is CNc1c2c(N)nnc(C)c2c(P)n1-c1ccc(OCN)cc1OC. The molecule has 1 unspecified atom stereocenters. The Morgan fingerprint density at radius 3 is 2.68 bits per heavy atom. The number of nitrogens with two attached hydrogens (primary N) is 2. The van der Waals surface area contributed by atoms with Crippen molar-refractivity contribution < 1.29 is 9.47 Å². The van der Waals surface area contributed by atoms with Crippen molar-refractivity contribution in [2.75, 3.05) is 31.9 Å². The summed E-state index contributed by atoms with van der Waals surface area (Å²) in [5, 5.41) is 13.2. The summed E-state index contributed by atoms with van der Waals surface area (Å²) >= 11 is 0. The van der Waals surface area contributed by atoms with Gasteiger partial charge in [0.15, 0.2) is 5.82 Å². The van der Waals surface area contributed by atoms with E-state index >= 15 is 0 Å². The quantitative estimate of drug-likeness (QED) is 0.462. The molecular weight excluding hydrogens is 339 g/mol. The lowest BCUT2D eigenvalue weighted by molar-refractivity contribution is 0.326. The van der Waals surface area contributed by atoms with Crippen LogP contribution in [0, 0.1) is 6.92 Å². The van der Waals surface area contributed by atoms with Gasteiger partial charge in [0.2, 0.25) is 0 Å². The number of nitrogens with one attached hydrogen (secondary N) is 1.